The third kappa shape index (κ3) is 3.14. The van der Waals surface area contributed by atoms with Crippen LogP contribution in [0.3, 0.4) is 0 Å². The highest BCUT2D eigenvalue weighted by molar-refractivity contribution is 5.28. The van der Waals surface area contributed by atoms with E-state index in [-0.39, 0.29) is 0 Å². The highest BCUT2D eigenvalue weighted by Gasteiger charge is 2.26. The Bertz CT molecular complexity index is 385. The van der Waals surface area contributed by atoms with Crippen molar-refractivity contribution in [1.82, 2.24) is 5.32 Å². The summed E-state index contributed by atoms with van der Waals surface area (Å²) in [5, 5.41) is 3.85. The molecule has 1 aliphatic carbocycles. The van der Waals surface area contributed by atoms with E-state index in [9.17, 15) is 0 Å². The van der Waals surface area contributed by atoms with Gasteiger partial charge in [0.2, 0.25) is 0 Å². The zero-order chi connectivity index (χ0) is 13.1. The van der Waals surface area contributed by atoms with E-state index in [2.05, 4.69) is 57.3 Å². The van der Waals surface area contributed by atoms with E-state index in [1.54, 1.807) is 0 Å². The summed E-state index contributed by atoms with van der Waals surface area (Å²) in [7, 11) is 0. The molecule has 4 atom stereocenters. The van der Waals surface area contributed by atoms with Crippen LogP contribution in [0.15, 0.2) is 24.3 Å². The van der Waals surface area contributed by atoms with Gasteiger partial charge in [-0.05, 0) is 56.1 Å². The predicted molar refractivity (Wildman–Crippen MR) is 78.7 cm³/mol. The van der Waals surface area contributed by atoms with Crippen LogP contribution in [0, 0.1) is 18.8 Å². The van der Waals surface area contributed by atoms with E-state index in [1.165, 1.54) is 30.4 Å². The van der Waals surface area contributed by atoms with Gasteiger partial charge in [-0.25, -0.2) is 0 Å². The molecule has 1 aliphatic rings. The number of hydrogen-bond acceptors (Lipinski definition) is 1. The second-order valence-electron chi connectivity index (χ2n) is 6.25. The van der Waals surface area contributed by atoms with Crippen LogP contribution in [-0.4, -0.2) is 6.04 Å². The first-order valence-corrected chi connectivity index (χ1v) is 7.39. The number of aryl methyl sites for hydroxylation is 1. The molecule has 2 rings (SSSR count). The summed E-state index contributed by atoms with van der Waals surface area (Å²) in [4.78, 5) is 0. The molecule has 0 spiro atoms. The second kappa shape index (κ2) is 5.88. The van der Waals surface area contributed by atoms with E-state index < -0.39 is 0 Å². The average Bonchev–Trinajstić information content (AvgIpc) is 2.33. The molecule has 100 valence electrons. The Hall–Kier alpha value is -0.820. The summed E-state index contributed by atoms with van der Waals surface area (Å²) in [6.07, 6.45) is 4.08. The molecule has 0 radical (unpaired) electrons. The van der Waals surface area contributed by atoms with Crippen LogP contribution < -0.4 is 5.32 Å². The summed E-state index contributed by atoms with van der Waals surface area (Å²) in [6.45, 7) is 9.29. The SMILES string of the molecule is Cc1ccccc1[C@@H](C)NC1CCC(C)CC1C. The van der Waals surface area contributed by atoms with Crippen LogP contribution in [0.5, 0.6) is 0 Å². The van der Waals surface area contributed by atoms with E-state index in [0.29, 0.717) is 12.1 Å². The van der Waals surface area contributed by atoms with Crippen molar-refractivity contribution >= 4 is 0 Å². The first kappa shape index (κ1) is 13.6. The van der Waals surface area contributed by atoms with Gasteiger partial charge in [-0.2, -0.15) is 0 Å². The highest BCUT2D eigenvalue weighted by atomic mass is 15.0. The maximum Gasteiger partial charge on any atom is 0.0297 e. The van der Waals surface area contributed by atoms with Crippen LogP contribution in [0.1, 0.15) is 57.2 Å². The molecule has 18 heavy (non-hydrogen) atoms. The minimum Gasteiger partial charge on any atom is -0.307 e. The Morgan fingerprint density at radius 3 is 2.56 bits per heavy atom. The molecule has 1 fully saturated rings. The fourth-order valence-electron chi connectivity index (χ4n) is 3.40. The third-order valence-electron chi connectivity index (χ3n) is 4.55. The molecule has 0 bridgehead atoms. The van der Waals surface area contributed by atoms with Gasteiger partial charge in [0, 0.05) is 12.1 Å². The topological polar surface area (TPSA) is 12.0 Å². The van der Waals surface area contributed by atoms with Gasteiger partial charge in [-0.15, -0.1) is 0 Å². The molecule has 0 heterocycles. The van der Waals surface area contributed by atoms with E-state index >= 15 is 0 Å². The normalized spacial score (nSPS) is 30.1. The Labute approximate surface area is 112 Å². The Kier molecular flexibility index (Phi) is 4.45. The number of hydrogen-bond donors (Lipinski definition) is 1. The van der Waals surface area contributed by atoms with Gasteiger partial charge in [0.25, 0.3) is 0 Å². The van der Waals surface area contributed by atoms with Crippen molar-refractivity contribution in [3.63, 3.8) is 0 Å². The molecule has 1 aromatic rings. The summed E-state index contributed by atoms with van der Waals surface area (Å²) < 4.78 is 0. The predicted octanol–water partition coefficient (Wildman–Crippen LogP) is 4.47. The molecule has 0 amide bonds. The molecule has 1 nitrogen and oxygen atoms in total. The smallest absolute Gasteiger partial charge is 0.0297 e. The number of benzene rings is 1. The van der Waals surface area contributed by atoms with Crippen molar-refractivity contribution in [3.05, 3.63) is 35.4 Å². The van der Waals surface area contributed by atoms with Gasteiger partial charge in [0.1, 0.15) is 0 Å². The quantitative estimate of drug-likeness (QED) is 0.828. The van der Waals surface area contributed by atoms with Crippen molar-refractivity contribution in [1.29, 1.82) is 0 Å². The van der Waals surface area contributed by atoms with E-state index in [4.69, 9.17) is 0 Å². The first-order chi connectivity index (χ1) is 8.58. The van der Waals surface area contributed by atoms with Crippen molar-refractivity contribution in [2.24, 2.45) is 11.8 Å². The third-order valence-corrected chi connectivity index (χ3v) is 4.55. The van der Waals surface area contributed by atoms with Gasteiger partial charge in [0.15, 0.2) is 0 Å². The summed E-state index contributed by atoms with van der Waals surface area (Å²) in [5.74, 6) is 1.71. The van der Waals surface area contributed by atoms with E-state index in [0.717, 1.165) is 11.8 Å². The van der Waals surface area contributed by atoms with Crippen LogP contribution in [0.25, 0.3) is 0 Å². The van der Waals surface area contributed by atoms with Crippen LogP contribution >= 0.6 is 0 Å². The maximum atomic E-state index is 3.85. The zero-order valence-corrected chi connectivity index (χ0v) is 12.2. The lowest BCUT2D eigenvalue weighted by Crippen LogP contribution is -2.40. The minimum atomic E-state index is 0.465. The fourth-order valence-corrected chi connectivity index (χ4v) is 3.40. The summed E-state index contributed by atoms with van der Waals surface area (Å²) in [5.41, 5.74) is 2.85. The van der Waals surface area contributed by atoms with Gasteiger partial charge >= 0.3 is 0 Å². The van der Waals surface area contributed by atoms with Gasteiger partial charge in [-0.1, -0.05) is 38.1 Å². The van der Waals surface area contributed by atoms with Crippen LogP contribution in [-0.2, 0) is 0 Å². The zero-order valence-electron chi connectivity index (χ0n) is 12.2. The van der Waals surface area contributed by atoms with Crippen LogP contribution in [0.2, 0.25) is 0 Å². The van der Waals surface area contributed by atoms with Gasteiger partial charge < -0.3 is 5.32 Å². The van der Waals surface area contributed by atoms with Crippen molar-refractivity contribution < 1.29 is 0 Å². The lowest BCUT2D eigenvalue weighted by atomic mass is 9.79. The molecular weight excluding hydrogens is 218 g/mol. The molecule has 0 aromatic heterocycles. The molecule has 0 saturated heterocycles. The standard InChI is InChI=1S/C17H27N/c1-12-9-10-17(14(3)11-12)18-15(4)16-8-6-5-7-13(16)2/h5-8,12,14-15,17-18H,9-11H2,1-4H3/t12?,14?,15-,17?/m1/s1. The Balaban J connectivity index is 1.99. The van der Waals surface area contributed by atoms with Gasteiger partial charge in [-0.3, -0.25) is 0 Å². The summed E-state index contributed by atoms with van der Waals surface area (Å²) >= 11 is 0. The Morgan fingerprint density at radius 1 is 1.17 bits per heavy atom. The lowest BCUT2D eigenvalue weighted by Gasteiger charge is -2.35. The van der Waals surface area contributed by atoms with E-state index in [1.807, 2.05) is 0 Å². The summed E-state index contributed by atoms with van der Waals surface area (Å²) in [6, 6.07) is 9.88. The molecule has 3 unspecified atom stereocenters. The van der Waals surface area contributed by atoms with Gasteiger partial charge in [0.05, 0.1) is 0 Å². The minimum absolute atomic E-state index is 0.465. The first-order valence-electron chi connectivity index (χ1n) is 7.39. The fraction of sp³-hybridized carbons (Fsp3) is 0.647. The van der Waals surface area contributed by atoms with Crippen LogP contribution in [0.4, 0.5) is 0 Å². The molecule has 1 N–H and O–H groups in total. The van der Waals surface area contributed by atoms with Crippen molar-refractivity contribution in [2.45, 2.75) is 59.0 Å². The highest BCUT2D eigenvalue weighted by Crippen LogP contribution is 2.30. The largest absolute Gasteiger partial charge is 0.307 e. The second-order valence-corrected chi connectivity index (χ2v) is 6.25. The van der Waals surface area contributed by atoms with Crippen molar-refractivity contribution in [3.8, 4) is 0 Å². The Morgan fingerprint density at radius 2 is 1.89 bits per heavy atom. The lowest BCUT2D eigenvalue weighted by molar-refractivity contribution is 0.216. The average molecular weight is 245 g/mol. The molecule has 1 saturated carbocycles. The molecule has 1 heteroatoms. The maximum absolute atomic E-state index is 3.85. The monoisotopic (exact) mass is 245 g/mol. The number of rotatable bonds is 3. The van der Waals surface area contributed by atoms with Crippen molar-refractivity contribution in [2.75, 3.05) is 0 Å². The number of nitrogens with one attached hydrogen (secondary N) is 1. The molecule has 1 aromatic carbocycles. The molecular formula is C17H27N. The molecule has 0 aliphatic heterocycles.